The van der Waals surface area contributed by atoms with Crippen LogP contribution < -0.4 is 4.72 Å². The highest BCUT2D eigenvalue weighted by molar-refractivity contribution is 7.87. The Hall–Kier alpha value is -0.210. The van der Waals surface area contributed by atoms with Gasteiger partial charge < -0.3 is 4.74 Å². The van der Waals surface area contributed by atoms with E-state index < -0.39 is 10.2 Å². The normalized spacial score (nSPS) is 30.0. The van der Waals surface area contributed by atoms with Crippen LogP contribution in [-0.4, -0.2) is 68.6 Å². The second-order valence-electron chi connectivity index (χ2n) is 7.10. The van der Waals surface area contributed by atoms with Crippen LogP contribution in [0.15, 0.2) is 0 Å². The summed E-state index contributed by atoms with van der Waals surface area (Å²) < 4.78 is 34.4. The van der Waals surface area contributed by atoms with Gasteiger partial charge >= 0.3 is 0 Å². The van der Waals surface area contributed by atoms with Crippen molar-refractivity contribution in [3.05, 3.63) is 0 Å². The van der Waals surface area contributed by atoms with Crippen LogP contribution >= 0.6 is 0 Å². The maximum absolute atomic E-state index is 12.2. The number of hydrogen-bond acceptors (Lipinski definition) is 4. The van der Waals surface area contributed by atoms with Crippen molar-refractivity contribution < 1.29 is 13.2 Å². The molecule has 7 heteroatoms. The van der Waals surface area contributed by atoms with Crippen LogP contribution in [-0.2, 0) is 14.9 Å². The minimum absolute atomic E-state index is 0.0564. The van der Waals surface area contributed by atoms with Crippen molar-refractivity contribution in [1.82, 2.24) is 13.9 Å². The summed E-state index contributed by atoms with van der Waals surface area (Å²) in [6, 6.07) is -0.0564. The SMILES string of the molecule is CC(C)NS(=O)(=O)N1CCC(CN2C[C@H](C)O[C@@H](C)C2)CC1. The molecule has 130 valence electrons. The van der Waals surface area contributed by atoms with Gasteiger partial charge in [0, 0.05) is 38.8 Å². The van der Waals surface area contributed by atoms with Crippen molar-refractivity contribution in [3.8, 4) is 0 Å². The molecule has 0 aliphatic carbocycles. The molecule has 6 nitrogen and oxygen atoms in total. The van der Waals surface area contributed by atoms with Gasteiger partial charge in [0.2, 0.25) is 0 Å². The predicted molar refractivity (Wildman–Crippen MR) is 87.9 cm³/mol. The van der Waals surface area contributed by atoms with Gasteiger partial charge in [0.05, 0.1) is 12.2 Å². The number of hydrogen-bond donors (Lipinski definition) is 1. The second-order valence-corrected chi connectivity index (χ2v) is 8.80. The zero-order valence-corrected chi connectivity index (χ0v) is 15.1. The molecule has 0 spiro atoms. The fourth-order valence-electron chi connectivity index (χ4n) is 3.50. The molecule has 0 saturated carbocycles. The van der Waals surface area contributed by atoms with Gasteiger partial charge in [-0.15, -0.1) is 0 Å². The van der Waals surface area contributed by atoms with E-state index in [0.717, 1.165) is 32.5 Å². The standard InChI is InChI=1S/C15H31N3O3S/c1-12(2)16-22(19,20)18-7-5-15(6-8-18)11-17-9-13(3)21-14(4)10-17/h12-16H,5-11H2,1-4H3/t13-,14-/m0/s1. The fraction of sp³-hybridized carbons (Fsp3) is 1.00. The van der Waals surface area contributed by atoms with E-state index >= 15 is 0 Å². The molecule has 22 heavy (non-hydrogen) atoms. The van der Waals surface area contributed by atoms with Crippen molar-refractivity contribution in [3.63, 3.8) is 0 Å². The van der Waals surface area contributed by atoms with Crippen molar-refractivity contribution in [2.75, 3.05) is 32.7 Å². The quantitative estimate of drug-likeness (QED) is 0.817. The Balaban J connectivity index is 1.80. The Morgan fingerprint density at radius 1 is 1.14 bits per heavy atom. The largest absolute Gasteiger partial charge is 0.373 e. The molecule has 1 N–H and O–H groups in total. The molecule has 2 heterocycles. The monoisotopic (exact) mass is 333 g/mol. The maximum Gasteiger partial charge on any atom is 0.279 e. The topological polar surface area (TPSA) is 61.9 Å². The third-order valence-corrected chi connectivity index (χ3v) is 6.12. The molecule has 2 atom stereocenters. The molecule has 2 aliphatic rings. The fourth-order valence-corrected chi connectivity index (χ4v) is 4.94. The van der Waals surface area contributed by atoms with E-state index in [1.165, 1.54) is 0 Å². The number of rotatable bonds is 5. The van der Waals surface area contributed by atoms with Crippen molar-refractivity contribution in [2.24, 2.45) is 5.92 Å². The molecule has 0 bridgehead atoms. The first kappa shape index (κ1) is 18.1. The second kappa shape index (κ2) is 7.57. The van der Waals surface area contributed by atoms with Gasteiger partial charge in [-0.1, -0.05) is 0 Å². The molecule has 0 unspecified atom stereocenters. The first-order valence-corrected chi connectivity index (χ1v) is 9.85. The summed E-state index contributed by atoms with van der Waals surface area (Å²) in [7, 11) is -3.31. The van der Waals surface area contributed by atoms with Crippen LogP contribution in [0.2, 0.25) is 0 Å². The molecule has 0 amide bonds. The lowest BCUT2D eigenvalue weighted by Crippen LogP contribution is -2.50. The van der Waals surface area contributed by atoms with Crippen LogP contribution in [0.1, 0.15) is 40.5 Å². The van der Waals surface area contributed by atoms with Gasteiger partial charge in [0.1, 0.15) is 0 Å². The highest BCUT2D eigenvalue weighted by Crippen LogP contribution is 2.22. The molecule has 2 aliphatic heterocycles. The summed E-state index contributed by atoms with van der Waals surface area (Å²) >= 11 is 0. The Labute approximate surface area is 135 Å². The van der Waals surface area contributed by atoms with Crippen LogP contribution in [0.3, 0.4) is 0 Å². The molecule has 0 aromatic rings. The Kier molecular flexibility index (Phi) is 6.24. The van der Waals surface area contributed by atoms with Gasteiger partial charge in [0.15, 0.2) is 0 Å². The third kappa shape index (κ3) is 5.16. The van der Waals surface area contributed by atoms with E-state index in [1.807, 2.05) is 13.8 Å². The van der Waals surface area contributed by atoms with E-state index in [4.69, 9.17) is 4.74 Å². The van der Waals surface area contributed by atoms with Gasteiger partial charge in [-0.05, 0) is 46.5 Å². The number of morpholine rings is 1. The molecule has 0 aromatic carbocycles. The third-order valence-electron chi connectivity index (χ3n) is 4.31. The van der Waals surface area contributed by atoms with E-state index in [-0.39, 0.29) is 6.04 Å². The van der Waals surface area contributed by atoms with Gasteiger partial charge in [-0.25, -0.2) is 0 Å². The van der Waals surface area contributed by atoms with Crippen LogP contribution in [0.4, 0.5) is 0 Å². The lowest BCUT2D eigenvalue weighted by Gasteiger charge is -2.39. The Bertz CT molecular complexity index is 437. The minimum Gasteiger partial charge on any atom is -0.373 e. The number of ether oxygens (including phenoxy) is 1. The van der Waals surface area contributed by atoms with E-state index in [1.54, 1.807) is 4.31 Å². The highest BCUT2D eigenvalue weighted by Gasteiger charge is 2.30. The van der Waals surface area contributed by atoms with E-state index in [9.17, 15) is 8.42 Å². The number of piperidine rings is 1. The highest BCUT2D eigenvalue weighted by atomic mass is 32.2. The predicted octanol–water partition coefficient (Wildman–Crippen LogP) is 1.05. The molecule has 2 fully saturated rings. The summed E-state index contributed by atoms with van der Waals surface area (Å²) in [5.41, 5.74) is 0. The van der Waals surface area contributed by atoms with Gasteiger partial charge in [-0.3, -0.25) is 4.90 Å². The van der Waals surface area contributed by atoms with Crippen LogP contribution in [0, 0.1) is 5.92 Å². The summed E-state index contributed by atoms with van der Waals surface area (Å²) in [5, 5.41) is 0. The molecule has 2 rings (SSSR count). The maximum atomic E-state index is 12.2. The van der Waals surface area contributed by atoms with Crippen molar-refractivity contribution in [1.29, 1.82) is 0 Å². The van der Waals surface area contributed by atoms with Crippen molar-refractivity contribution >= 4 is 10.2 Å². The average molecular weight is 333 g/mol. The lowest BCUT2D eigenvalue weighted by atomic mass is 9.97. The summed E-state index contributed by atoms with van der Waals surface area (Å²) in [6.07, 6.45) is 2.47. The molecular formula is C15H31N3O3S. The smallest absolute Gasteiger partial charge is 0.279 e. The van der Waals surface area contributed by atoms with Gasteiger partial charge in [-0.2, -0.15) is 17.4 Å². The molecular weight excluding hydrogens is 302 g/mol. The molecule has 0 radical (unpaired) electrons. The van der Waals surface area contributed by atoms with Crippen molar-refractivity contribution in [2.45, 2.75) is 58.8 Å². The van der Waals surface area contributed by atoms with E-state index in [2.05, 4.69) is 23.5 Å². The van der Waals surface area contributed by atoms with Crippen LogP contribution in [0.25, 0.3) is 0 Å². The number of nitrogens with zero attached hydrogens (tertiary/aromatic N) is 2. The summed E-state index contributed by atoms with van der Waals surface area (Å²) in [6.45, 7) is 12.2. The summed E-state index contributed by atoms with van der Waals surface area (Å²) in [4.78, 5) is 2.47. The van der Waals surface area contributed by atoms with Crippen LogP contribution in [0.5, 0.6) is 0 Å². The molecule has 2 saturated heterocycles. The van der Waals surface area contributed by atoms with Gasteiger partial charge in [0.25, 0.3) is 10.2 Å². The average Bonchev–Trinajstić information content (AvgIpc) is 2.36. The Morgan fingerprint density at radius 2 is 1.68 bits per heavy atom. The summed E-state index contributed by atoms with van der Waals surface area (Å²) in [5.74, 6) is 0.586. The first-order chi connectivity index (χ1) is 10.3. The zero-order chi connectivity index (χ0) is 16.3. The first-order valence-electron chi connectivity index (χ1n) is 8.41. The van der Waals surface area contributed by atoms with E-state index in [0.29, 0.717) is 31.2 Å². The lowest BCUT2D eigenvalue weighted by molar-refractivity contribution is -0.0726. The number of nitrogens with one attached hydrogen (secondary N) is 1. The minimum atomic E-state index is -3.31. The Morgan fingerprint density at radius 3 is 2.18 bits per heavy atom. The zero-order valence-electron chi connectivity index (χ0n) is 14.3. The molecule has 0 aromatic heterocycles.